The van der Waals surface area contributed by atoms with Gasteiger partial charge in [-0.15, -0.1) is 11.8 Å². The van der Waals surface area contributed by atoms with E-state index in [1.54, 1.807) is 12.1 Å². The predicted molar refractivity (Wildman–Crippen MR) is 74.2 cm³/mol. The topological polar surface area (TPSA) is 72.2 Å². The Morgan fingerprint density at radius 1 is 1.32 bits per heavy atom. The van der Waals surface area contributed by atoms with E-state index in [9.17, 15) is 14.9 Å². The summed E-state index contributed by atoms with van der Waals surface area (Å²) in [7, 11) is 0. The van der Waals surface area contributed by atoms with E-state index in [2.05, 4.69) is 5.32 Å². The van der Waals surface area contributed by atoms with Crippen LogP contribution < -0.4 is 5.32 Å². The van der Waals surface area contributed by atoms with Crippen LogP contribution in [0.5, 0.6) is 0 Å². The van der Waals surface area contributed by atoms with Crippen molar-refractivity contribution in [2.24, 2.45) is 0 Å². The van der Waals surface area contributed by atoms with Crippen LogP contribution in [0.1, 0.15) is 25.7 Å². The smallest absolute Gasteiger partial charge is 0.269 e. The van der Waals surface area contributed by atoms with Crippen LogP contribution in [0, 0.1) is 10.1 Å². The average molecular weight is 280 g/mol. The highest BCUT2D eigenvalue weighted by atomic mass is 32.2. The van der Waals surface area contributed by atoms with E-state index in [-0.39, 0.29) is 11.6 Å². The first-order chi connectivity index (χ1) is 9.15. The Hall–Kier alpha value is -1.56. The fourth-order valence-corrected chi connectivity index (χ4v) is 2.86. The zero-order valence-electron chi connectivity index (χ0n) is 10.5. The van der Waals surface area contributed by atoms with Gasteiger partial charge in [0.15, 0.2) is 0 Å². The lowest BCUT2D eigenvalue weighted by molar-refractivity contribution is -0.384. The van der Waals surface area contributed by atoms with Crippen LogP contribution in [0.3, 0.4) is 0 Å². The maximum absolute atomic E-state index is 11.7. The van der Waals surface area contributed by atoms with E-state index in [1.165, 1.54) is 36.7 Å². The van der Waals surface area contributed by atoms with Gasteiger partial charge in [0, 0.05) is 23.1 Å². The number of nitro groups is 1. The number of benzene rings is 1. The summed E-state index contributed by atoms with van der Waals surface area (Å²) >= 11 is 1.40. The molecule has 1 fully saturated rings. The van der Waals surface area contributed by atoms with Gasteiger partial charge < -0.3 is 5.32 Å². The first-order valence-electron chi connectivity index (χ1n) is 6.32. The Kier molecular flexibility index (Phi) is 4.79. The molecular weight excluding hydrogens is 264 g/mol. The number of hydrogen-bond donors (Lipinski definition) is 1. The quantitative estimate of drug-likeness (QED) is 0.511. The van der Waals surface area contributed by atoms with Crippen molar-refractivity contribution in [3.8, 4) is 0 Å². The van der Waals surface area contributed by atoms with Gasteiger partial charge in [-0.05, 0) is 25.0 Å². The van der Waals surface area contributed by atoms with Crippen molar-refractivity contribution in [1.29, 1.82) is 0 Å². The number of nitrogens with zero attached hydrogens (tertiary/aromatic N) is 1. The third kappa shape index (κ3) is 4.24. The predicted octanol–water partition coefficient (Wildman–Crippen LogP) is 2.75. The van der Waals surface area contributed by atoms with Crippen molar-refractivity contribution < 1.29 is 9.72 Å². The Labute approximate surface area is 115 Å². The lowest BCUT2D eigenvalue weighted by atomic mass is 10.2. The van der Waals surface area contributed by atoms with E-state index in [0.29, 0.717) is 11.8 Å². The van der Waals surface area contributed by atoms with Crippen LogP contribution >= 0.6 is 11.8 Å². The summed E-state index contributed by atoms with van der Waals surface area (Å²) in [4.78, 5) is 22.7. The molecule has 0 atom stereocenters. The van der Waals surface area contributed by atoms with Gasteiger partial charge in [0.1, 0.15) is 0 Å². The van der Waals surface area contributed by atoms with Crippen LogP contribution in [0.25, 0.3) is 0 Å². The van der Waals surface area contributed by atoms with Crippen molar-refractivity contribution in [2.75, 3.05) is 5.75 Å². The van der Waals surface area contributed by atoms with E-state index < -0.39 is 4.92 Å². The summed E-state index contributed by atoms with van der Waals surface area (Å²) < 4.78 is 0. The number of non-ortho nitro benzene ring substituents is 1. The van der Waals surface area contributed by atoms with Gasteiger partial charge >= 0.3 is 0 Å². The van der Waals surface area contributed by atoms with Gasteiger partial charge in [0.25, 0.3) is 5.69 Å². The van der Waals surface area contributed by atoms with Gasteiger partial charge in [-0.1, -0.05) is 12.8 Å². The largest absolute Gasteiger partial charge is 0.353 e. The average Bonchev–Trinajstić information content (AvgIpc) is 2.89. The first-order valence-corrected chi connectivity index (χ1v) is 7.30. The second kappa shape index (κ2) is 6.56. The summed E-state index contributed by atoms with van der Waals surface area (Å²) in [6.45, 7) is 0. The molecule has 5 nitrogen and oxygen atoms in total. The standard InChI is InChI=1S/C13H16N2O3S/c16-13(14-10-3-1-2-4-10)9-19-12-7-5-11(6-8-12)15(17)18/h5-8,10H,1-4,9H2,(H,14,16). The minimum Gasteiger partial charge on any atom is -0.353 e. The lowest BCUT2D eigenvalue weighted by Gasteiger charge is -2.11. The molecule has 0 aliphatic heterocycles. The molecule has 2 rings (SSSR count). The molecule has 1 amide bonds. The van der Waals surface area contributed by atoms with Gasteiger partial charge in [0.05, 0.1) is 10.7 Å². The van der Waals surface area contributed by atoms with E-state index in [0.717, 1.165) is 17.7 Å². The molecule has 0 radical (unpaired) electrons. The minimum absolute atomic E-state index is 0.0373. The molecule has 1 aliphatic carbocycles. The second-order valence-electron chi connectivity index (χ2n) is 4.59. The van der Waals surface area contributed by atoms with Crippen LogP contribution in [-0.2, 0) is 4.79 Å². The number of carbonyl (C=O) groups excluding carboxylic acids is 1. The molecule has 102 valence electrons. The van der Waals surface area contributed by atoms with Crippen molar-refractivity contribution in [3.05, 3.63) is 34.4 Å². The molecule has 6 heteroatoms. The van der Waals surface area contributed by atoms with Gasteiger partial charge in [-0.2, -0.15) is 0 Å². The molecule has 0 unspecified atom stereocenters. The number of amides is 1. The summed E-state index contributed by atoms with van der Waals surface area (Å²) in [6.07, 6.45) is 4.54. The number of nitrogens with one attached hydrogen (secondary N) is 1. The summed E-state index contributed by atoms with van der Waals surface area (Å²) in [6, 6.07) is 6.59. The molecule has 0 aromatic heterocycles. The second-order valence-corrected chi connectivity index (χ2v) is 5.64. The van der Waals surface area contributed by atoms with Crippen LogP contribution in [0.2, 0.25) is 0 Å². The summed E-state index contributed by atoms with van der Waals surface area (Å²) in [5.41, 5.74) is 0.0692. The SMILES string of the molecule is O=C(CSc1ccc([N+](=O)[O-])cc1)NC1CCCC1. The molecule has 1 aromatic carbocycles. The Bertz CT molecular complexity index is 455. The van der Waals surface area contributed by atoms with Crippen molar-refractivity contribution >= 4 is 23.4 Å². The molecule has 1 aromatic rings. The highest BCUT2D eigenvalue weighted by Gasteiger charge is 2.17. The van der Waals surface area contributed by atoms with Crippen LogP contribution in [-0.4, -0.2) is 22.6 Å². The zero-order chi connectivity index (χ0) is 13.7. The maximum Gasteiger partial charge on any atom is 0.269 e. The molecule has 0 spiro atoms. The van der Waals surface area contributed by atoms with Gasteiger partial charge in [-0.3, -0.25) is 14.9 Å². The Morgan fingerprint density at radius 3 is 2.53 bits per heavy atom. The van der Waals surface area contributed by atoms with Crippen LogP contribution in [0.15, 0.2) is 29.2 Å². The number of carbonyl (C=O) groups is 1. The number of thioether (sulfide) groups is 1. The Morgan fingerprint density at radius 2 is 1.95 bits per heavy atom. The van der Waals surface area contributed by atoms with Crippen molar-refractivity contribution in [2.45, 2.75) is 36.6 Å². The fourth-order valence-electron chi connectivity index (χ4n) is 2.15. The van der Waals surface area contributed by atoms with Crippen molar-refractivity contribution in [3.63, 3.8) is 0 Å². The fraction of sp³-hybridized carbons (Fsp3) is 0.462. The number of rotatable bonds is 5. The molecule has 1 saturated carbocycles. The normalized spacial score (nSPS) is 15.4. The van der Waals surface area contributed by atoms with Crippen LogP contribution in [0.4, 0.5) is 5.69 Å². The summed E-state index contributed by atoms with van der Waals surface area (Å²) in [5.74, 6) is 0.393. The highest BCUT2D eigenvalue weighted by Crippen LogP contribution is 2.22. The third-order valence-electron chi connectivity index (χ3n) is 3.14. The zero-order valence-corrected chi connectivity index (χ0v) is 11.3. The highest BCUT2D eigenvalue weighted by molar-refractivity contribution is 8.00. The van der Waals surface area contributed by atoms with E-state index in [1.807, 2.05) is 0 Å². The van der Waals surface area contributed by atoms with Gasteiger partial charge in [0.2, 0.25) is 5.91 Å². The molecule has 0 heterocycles. The monoisotopic (exact) mass is 280 g/mol. The molecule has 0 saturated heterocycles. The van der Waals surface area contributed by atoms with Crippen molar-refractivity contribution in [1.82, 2.24) is 5.32 Å². The van der Waals surface area contributed by atoms with E-state index >= 15 is 0 Å². The van der Waals surface area contributed by atoms with E-state index in [4.69, 9.17) is 0 Å². The molecule has 1 N–H and O–H groups in total. The molecule has 0 bridgehead atoms. The molecule has 1 aliphatic rings. The first kappa shape index (κ1) is 13.9. The minimum atomic E-state index is -0.429. The summed E-state index contributed by atoms with van der Waals surface area (Å²) in [5, 5.41) is 13.5. The third-order valence-corrected chi connectivity index (χ3v) is 4.15. The number of hydrogen-bond acceptors (Lipinski definition) is 4. The molecule has 19 heavy (non-hydrogen) atoms. The maximum atomic E-state index is 11.7. The Balaban J connectivity index is 1.77. The molecular formula is C13H16N2O3S. The number of nitro benzene ring substituents is 1. The lowest BCUT2D eigenvalue weighted by Crippen LogP contribution is -2.33. The van der Waals surface area contributed by atoms with Gasteiger partial charge in [-0.25, -0.2) is 0 Å².